The van der Waals surface area contributed by atoms with Crippen molar-refractivity contribution in [3.63, 3.8) is 0 Å². The van der Waals surface area contributed by atoms with Crippen molar-refractivity contribution in [2.24, 2.45) is 7.05 Å². The topological polar surface area (TPSA) is 82.2 Å². The summed E-state index contributed by atoms with van der Waals surface area (Å²) in [4.78, 5) is 1.91. The smallest absolute Gasteiger partial charge is 0.261 e. The largest absolute Gasteiger partial charge is 0.288 e. The van der Waals surface area contributed by atoms with E-state index in [0.717, 1.165) is 0 Å². The Morgan fingerprint density at radius 3 is 2.53 bits per heavy atom. The number of aryl methyl sites for hydroxylation is 1. The molecule has 104 valence electrons. The number of nitriles is 1. The van der Waals surface area contributed by atoms with E-state index in [4.69, 9.17) is 16.9 Å². The van der Waals surface area contributed by atoms with Crippen LogP contribution in [0.3, 0.4) is 0 Å². The van der Waals surface area contributed by atoms with E-state index >= 15 is 0 Å². The monoisotopic (exact) mass is 303 g/mol. The van der Waals surface area contributed by atoms with Crippen LogP contribution in [0.5, 0.6) is 0 Å². The van der Waals surface area contributed by atoms with Crippen molar-refractivity contribution in [3.05, 3.63) is 11.2 Å². The summed E-state index contributed by atoms with van der Waals surface area (Å²) in [5, 5.41) is 12.6. The van der Waals surface area contributed by atoms with Gasteiger partial charge < -0.3 is 0 Å². The molecule has 0 atom stereocenters. The fourth-order valence-corrected chi connectivity index (χ4v) is 4.07. The molecular weight excluding hydrogens is 290 g/mol. The molecular formula is C10H14ClN5O2S. The second kappa shape index (κ2) is 5.46. The summed E-state index contributed by atoms with van der Waals surface area (Å²) in [7, 11) is -2.08. The fourth-order valence-electron chi connectivity index (χ4n) is 2.04. The van der Waals surface area contributed by atoms with Gasteiger partial charge in [-0.1, -0.05) is 11.6 Å². The van der Waals surface area contributed by atoms with Crippen LogP contribution < -0.4 is 0 Å². The molecule has 0 saturated carbocycles. The van der Waals surface area contributed by atoms with E-state index in [0.29, 0.717) is 32.7 Å². The summed E-state index contributed by atoms with van der Waals surface area (Å²) in [5.41, 5.74) is 0. The Hall–Kier alpha value is -1.14. The van der Waals surface area contributed by atoms with Gasteiger partial charge in [-0.3, -0.25) is 9.58 Å². The van der Waals surface area contributed by atoms with E-state index in [1.165, 1.54) is 15.2 Å². The van der Waals surface area contributed by atoms with Crippen LogP contribution in [-0.4, -0.2) is 60.1 Å². The van der Waals surface area contributed by atoms with Gasteiger partial charge in [0.1, 0.15) is 0 Å². The molecule has 9 heteroatoms. The fraction of sp³-hybridized carbons (Fsp3) is 0.600. The zero-order chi connectivity index (χ0) is 14.0. The number of halogens is 1. The first-order chi connectivity index (χ1) is 8.96. The maximum absolute atomic E-state index is 12.5. The molecule has 2 heterocycles. The Morgan fingerprint density at radius 1 is 1.42 bits per heavy atom. The summed E-state index contributed by atoms with van der Waals surface area (Å²) in [6.45, 7) is 2.11. The molecule has 0 radical (unpaired) electrons. The molecule has 0 aliphatic carbocycles. The lowest BCUT2D eigenvalue weighted by molar-refractivity contribution is 0.205. The van der Waals surface area contributed by atoms with Gasteiger partial charge in [0.15, 0.2) is 5.03 Å². The van der Waals surface area contributed by atoms with E-state index in [1.54, 1.807) is 7.05 Å². The van der Waals surface area contributed by atoms with E-state index < -0.39 is 10.0 Å². The third-order valence-corrected chi connectivity index (χ3v) is 5.46. The number of piperazine rings is 1. The first kappa shape index (κ1) is 14.3. The highest BCUT2D eigenvalue weighted by molar-refractivity contribution is 7.89. The third kappa shape index (κ3) is 2.74. The Bertz CT molecular complexity index is 578. The first-order valence-corrected chi connectivity index (χ1v) is 7.55. The Labute approximate surface area is 117 Å². The molecule has 0 aromatic carbocycles. The zero-order valence-electron chi connectivity index (χ0n) is 10.5. The molecule has 0 bridgehead atoms. The second-order valence-corrected chi connectivity index (χ2v) is 6.52. The SMILES string of the molecule is Cn1ncc(Cl)c1S(=O)(=O)N1CCN(CC#N)CC1. The van der Waals surface area contributed by atoms with Crippen LogP contribution in [0.25, 0.3) is 0 Å². The normalized spacial score (nSPS) is 18.4. The van der Waals surface area contributed by atoms with Crippen molar-refractivity contribution in [1.82, 2.24) is 19.0 Å². The van der Waals surface area contributed by atoms with E-state index in [-0.39, 0.29) is 10.0 Å². The number of sulfonamides is 1. The molecule has 2 rings (SSSR count). The average molecular weight is 304 g/mol. The van der Waals surface area contributed by atoms with Gasteiger partial charge in [0.2, 0.25) is 0 Å². The number of hydrogen-bond donors (Lipinski definition) is 0. The van der Waals surface area contributed by atoms with Crippen molar-refractivity contribution in [2.75, 3.05) is 32.7 Å². The van der Waals surface area contributed by atoms with Gasteiger partial charge in [0.25, 0.3) is 10.0 Å². The minimum Gasteiger partial charge on any atom is -0.288 e. The van der Waals surface area contributed by atoms with Crippen molar-refractivity contribution < 1.29 is 8.42 Å². The number of aromatic nitrogens is 2. The number of nitrogens with zero attached hydrogens (tertiary/aromatic N) is 5. The van der Waals surface area contributed by atoms with Gasteiger partial charge >= 0.3 is 0 Å². The predicted molar refractivity (Wildman–Crippen MR) is 69.0 cm³/mol. The van der Waals surface area contributed by atoms with Gasteiger partial charge in [0, 0.05) is 33.2 Å². The molecule has 1 saturated heterocycles. The van der Waals surface area contributed by atoms with E-state index in [2.05, 4.69) is 11.2 Å². The molecule has 1 fully saturated rings. The van der Waals surface area contributed by atoms with Crippen LogP contribution in [0.4, 0.5) is 0 Å². The molecule has 1 aromatic heterocycles. The molecule has 7 nitrogen and oxygen atoms in total. The minimum absolute atomic E-state index is 0.0166. The summed E-state index contributed by atoms with van der Waals surface area (Å²) >= 11 is 5.88. The molecule has 0 unspecified atom stereocenters. The van der Waals surface area contributed by atoms with Crippen LogP contribution in [0.1, 0.15) is 0 Å². The van der Waals surface area contributed by atoms with Crippen LogP contribution in [-0.2, 0) is 17.1 Å². The Kier molecular flexibility index (Phi) is 4.10. The maximum Gasteiger partial charge on any atom is 0.261 e. The molecule has 1 aliphatic rings. The standard InChI is InChI=1S/C10H14ClN5O2S/c1-14-10(9(11)8-13-14)19(17,18)16-6-4-15(3-2-12)5-7-16/h8H,3-7H2,1H3. The minimum atomic E-state index is -3.63. The van der Waals surface area contributed by atoms with Crippen molar-refractivity contribution in [3.8, 4) is 6.07 Å². The summed E-state index contributed by atoms with van der Waals surface area (Å²) in [5.74, 6) is 0. The van der Waals surface area contributed by atoms with Crippen LogP contribution >= 0.6 is 11.6 Å². The van der Waals surface area contributed by atoms with Gasteiger partial charge in [-0.15, -0.1) is 0 Å². The van der Waals surface area contributed by atoms with Gasteiger partial charge in [0.05, 0.1) is 23.8 Å². The van der Waals surface area contributed by atoms with Crippen molar-refractivity contribution >= 4 is 21.6 Å². The molecule has 1 aromatic rings. The average Bonchev–Trinajstić information content (AvgIpc) is 2.70. The summed E-state index contributed by atoms with van der Waals surface area (Å²) < 4.78 is 27.5. The van der Waals surface area contributed by atoms with Crippen LogP contribution in [0.2, 0.25) is 5.02 Å². The lowest BCUT2D eigenvalue weighted by atomic mass is 10.4. The number of rotatable bonds is 3. The Balaban J connectivity index is 2.17. The zero-order valence-corrected chi connectivity index (χ0v) is 12.0. The van der Waals surface area contributed by atoms with E-state index in [9.17, 15) is 8.42 Å². The van der Waals surface area contributed by atoms with Gasteiger partial charge in [-0.05, 0) is 0 Å². The second-order valence-electron chi connectivity index (χ2n) is 4.26. The predicted octanol–water partition coefficient (Wildman–Crippen LogP) is -0.0966. The maximum atomic E-state index is 12.5. The third-order valence-electron chi connectivity index (χ3n) is 3.05. The van der Waals surface area contributed by atoms with Crippen molar-refractivity contribution in [1.29, 1.82) is 5.26 Å². The number of hydrogen-bond acceptors (Lipinski definition) is 5. The summed E-state index contributed by atoms with van der Waals surface area (Å²) in [6.07, 6.45) is 1.32. The highest BCUT2D eigenvalue weighted by Crippen LogP contribution is 2.24. The molecule has 19 heavy (non-hydrogen) atoms. The Morgan fingerprint density at radius 2 is 2.05 bits per heavy atom. The highest BCUT2D eigenvalue weighted by atomic mass is 35.5. The summed E-state index contributed by atoms with van der Waals surface area (Å²) in [6, 6.07) is 2.06. The van der Waals surface area contributed by atoms with E-state index in [1.807, 2.05) is 4.90 Å². The molecule has 0 amide bonds. The highest BCUT2D eigenvalue weighted by Gasteiger charge is 2.32. The first-order valence-electron chi connectivity index (χ1n) is 5.74. The quantitative estimate of drug-likeness (QED) is 0.729. The molecule has 1 aliphatic heterocycles. The van der Waals surface area contributed by atoms with Crippen molar-refractivity contribution in [2.45, 2.75) is 5.03 Å². The van der Waals surface area contributed by atoms with Gasteiger partial charge in [-0.25, -0.2) is 8.42 Å². The molecule has 0 spiro atoms. The lowest BCUT2D eigenvalue weighted by Gasteiger charge is -2.32. The van der Waals surface area contributed by atoms with Crippen LogP contribution in [0, 0.1) is 11.3 Å². The lowest BCUT2D eigenvalue weighted by Crippen LogP contribution is -2.48. The van der Waals surface area contributed by atoms with Crippen LogP contribution in [0.15, 0.2) is 11.2 Å². The van der Waals surface area contributed by atoms with Gasteiger partial charge in [-0.2, -0.15) is 14.7 Å². The molecule has 0 N–H and O–H groups in total.